The fourth-order valence-electron chi connectivity index (χ4n) is 2.01. The van der Waals surface area contributed by atoms with E-state index in [-0.39, 0.29) is 6.04 Å². The zero-order valence-corrected chi connectivity index (χ0v) is 11.5. The minimum absolute atomic E-state index is 0.106. The van der Waals surface area contributed by atoms with Gasteiger partial charge < -0.3 is 10.6 Å². The number of anilines is 1. The molecule has 1 saturated heterocycles. The van der Waals surface area contributed by atoms with Crippen molar-refractivity contribution in [2.75, 3.05) is 18.0 Å². The Kier molecular flexibility index (Phi) is 4.18. The van der Waals surface area contributed by atoms with Gasteiger partial charge in [0.2, 0.25) is 0 Å². The number of hydrogen-bond acceptors (Lipinski definition) is 4. The maximum Gasteiger partial charge on any atom is 0.186 e. The quantitative estimate of drug-likeness (QED) is 0.898. The number of piperidine rings is 1. The van der Waals surface area contributed by atoms with Crippen LogP contribution in [0, 0.1) is 6.92 Å². The molecule has 2 N–H and O–H groups in total. The predicted molar refractivity (Wildman–Crippen MR) is 75.6 cm³/mol. The van der Waals surface area contributed by atoms with E-state index in [2.05, 4.69) is 22.9 Å². The van der Waals surface area contributed by atoms with Crippen molar-refractivity contribution in [1.82, 2.24) is 4.98 Å². The summed E-state index contributed by atoms with van der Waals surface area (Å²) in [6.45, 7) is 6.37. The van der Waals surface area contributed by atoms with Crippen LogP contribution in [0.5, 0.6) is 0 Å². The normalized spacial score (nSPS) is 18.9. The third kappa shape index (κ3) is 3.30. The molecule has 1 unspecified atom stereocenters. The summed E-state index contributed by atoms with van der Waals surface area (Å²) in [5.74, 6) is 0. The average molecular weight is 251 g/mol. The van der Waals surface area contributed by atoms with Gasteiger partial charge in [0.25, 0.3) is 0 Å². The Bertz CT molecular complexity index is 389. The standard InChI is InChI=1S/C13H21N3S/c1-10(14)6-7-12-11(2)15-13(17-12)16-8-4-3-5-9-16/h6-7,10H,3-5,8-9,14H2,1-2H3/b7-6+. The van der Waals surface area contributed by atoms with Crippen LogP contribution in [0.2, 0.25) is 0 Å². The van der Waals surface area contributed by atoms with Gasteiger partial charge in [-0.1, -0.05) is 17.4 Å². The molecule has 0 aromatic carbocycles. The first kappa shape index (κ1) is 12.6. The van der Waals surface area contributed by atoms with Crippen LogP contribution in [0.25, 0.3) is 6.08 Å². The lowest BCUT2D eigenvalue weighted by Gasteiger charge is -2.25. The van der Waals surface area contributed by atoms with Gasteiger partial charge in [-0.25, -0.2) is 4.98 Å². The molecule has 1 aliphatic rings. The number of aromatic nitrogens is 1. The zero-order valence-electron chi connectivity index (χ0n) is 10.6. The molecule has 1 fully saturated rings. The first-order valence-corrected chi connectivity index (χ1v) is 7.14. The van der Waals surface area contributed by atoms with Crippen LogP contribution in [0.4, 0.5) is 5.13 Å². The molecule has 1 aromatic rings. The Labute approximate surface area is 107 Å². The number of hydrogen-bond donors (Lipinski definition) is 1. The highest BCUT2D eigenvalue weighted by Gasteiger charge is 2.15. The molecule has 0 spiro atoms. The van der Waals surface area contributed by atoms with Crippen LogP contribution in [-0.4, -0.2) is 24.1 Å². The van der Waals surface area contributed by atoms with E-state index in [0.29, 0.717) is 0 Å². The van der Waals surface area contributed by atoms with Gasteiger partial charge in [-0.3, -0.25) is 0 Å². The number of thiazole rings is 1. The Balaban J connectivity index is 2.12. The van der Waals surface area contributed by atoms with Gasteiger partial charge in [0.1, 0.15) is 0 Å². The fraction of sp³-hybridized carbons (Fsp3) is 0.615. The van der Waals surface area contributed by atoms with Crippen molar-refractivity contribution in [1.29, 1.82) is 0 Å². The molecule has 2 rings (SSSR count). The van der Waals surface area contributed by atoms with E-state index < -0.39 is 0 Å². The molecule has 0 saturated carbocycles. The van der Waals surface area contributed by atoms with Crippen LogP contribution in [0.1, 0.15) is 36.8 Å². The van der Waals surface area contributed by atoms with E-state index in [0.717, 1.165) is 18.8 Å². The van der Waals surface area contributed by atoms with Crippen LogP contribution < -0.4 is 10.6 Å². The van der Waals surface area contributed by atoms with Gasteiger partial charge in [0.15, 0.2) is 5.13 Å². The summed E-state index contributed by atoms with van der Waals surface area (Å²) in [4.78, 5) is 8.31. The number of aryl methyl sites for hydroxylation is 1. The van der Waals surface area contributed by atoms with E-state index in [1.165, 1.54) is 29.3 Å². The largest absolute Gasteiger partial charge is 0.348 e. The number of nitrogens with zero attached hydrogens (tertiary/aromatic N) is 2. The minimum Gasteiger partial charge on any atom is -0.348 e. The summed E-state index contributed by atoms with van der Waals surface area (Å²) in [5.41, 5.74) is 6.84. The molecule has 0 radical (unpaired) electrons. The van der Waals surface area contributed by atoms with Gasteiger partial charge >= 0.3 is 0 Å². The van der Waals surface area contributed by atoms with Gasteiger partial charge in [0.05, 0.1) is 10.6 Å². The molecule has 3 nitrogen and oxygen atoms in total. The van der Waals surface area contributed by atoms with Gasteiger partial charge in [-0.05, 0) is 39.2 Å². The molecule has 0 amide bonds. The second-order valence-electron chi connectivity index (χ2n) is 4.71. The number of nitrogens with two attached hydrogens (primary N) is 1. The molecule has 2 heterocycles. The second-order valence-corrected chi connectivity index (χ2v) is 5.72. The fourth-order valence-corrected chi connectivity index (χ4v) is 3.04. The lowest BCUT2D eigenvalue weighted by atomic mass is 10.1. The molecule has 0 bridgehead atoms. The molecule has 4 heteroatoms. The number of rotatable bonds is 3. The summed E-state index contributed by atoms with van der Waals surface area (Å²) >= 11 is 1.78. The van der Waals surface area contributed by atoms with Crippen molar-refractivity contribution in [3.63, 3.8) is 0 Å². The highest BCUT2D eigenvalue weighted by atomic mass is 32.1. The molecule has 1 aromatic heterocycles. The summed E-state index contributed by atoms with van der Waals surface area (Å²) in [5, 5.41) is 1.17. The molecule has 1 aliphatic heterocycles. The average Bonchev–Trinajstić information content (AvgIpc) is 2.69. The lowest BCUT2D eigenvalue weighted by molar-refractivity contribution is 0.576. The lowest BCUT2D eigenvalue weighted by Crippen LogP contribution is -2.29. The van der Waals surface area contributed by atoms with Crippen LogP contribution >= 0.6 is 11.3 Å². The minimum atomic E-state index is 0.106. The van der Waals surface area contributed by atoms with E-state index in [1.54, 1.807) is 11.3 Å². The first-order valence-electron chi connectivity index (χ1n) is 6.33. The summed E-state index contributed by atoms with van der Waals surface area (Å²) in [6, 6.07) is 0.106. The summed E-state index contributed by atoms with van der Waals surface area (Å²) in [6.07, 6.45) is 8.08. The molecular weight excluding hydrogens is 230 g/mol. The van der Waals surface area contributed by atoms with Gasteiger partial charge in [-0.15, -0.1) is 0 Å². The Morgan fingerprint density at radius 1 is 1.35 bits per heavy atom. The summed E-state index contributed by atoms with van der Waals surface area (Å²) < 4.78 is 0. The summed E-state index contributed by atoms with van der Waals surface area (Å²) in [7, 11) is 0. The highest BCUT2D eigenvalue weighted by molar-refractivity contribution is 7.16. The first-order chi connectivity index (χ1) is 8.16. The Morgan fingerprint density at radius 2 is 2.06 bits per heavy atom. The van der Waals surface area contributed by atoms with Crippen LogP contribution in [0.3, 0.4) is 0 Å². The van der Waals surface area contributed by atoms with Crippen molar-refractivity contribution in [2.24, 2.45) is 5.73 Å². The molecule has 17 heavy (non-hydrogen) atoms. The third-order valence-electron chi connectivity index (χ3n) is 3.00. The maximum absolute atomic E-state index is 5.73. The maximum atomic E-state index is 5.73. The van der Waals surface area contributed by atoms with E-state index in [9.17, 15) is 0 Å². The van der Waals surface area contributed by atoms with Crippen molar-refractivity contribution in [3.05, 3.63) is 16.6 Å². The van der Waals surface area contributed by atoms with Crippen LogP contribution in [-0.2, 0) is 0 Å². The third-order valence-corrected chi connectivity index (χ3v) is 4.18. The highest BCUT2D eigenvalue weighted by Crippen LogP contribution is 2.29. The smallest absolute Gasteiger partial charge is 0.186 e. The second kappa shape index (κ2) is 5.65. The van der Waals surface area contributed by atoms with E-state index in [1.807, 2.05) is 13.0 Å². The predicted octanol–water partition coefficient (Wildman–Crippen LogP) is 2.80. The monoisotopic (exact) mass is 251 g/mol. The molecule has 0 aliphatic carbocycles. The SMILES string of the molecule is Cc1nc(N2CCCCC2)sc1/C=C/C(C)N. The van der Waals surface area contributed by atoms with E-state index >= 15 is 0 Å². The van der Waals surface area contributed by atoms with Crippen molar-refractivity contribution in [3.8, 4) is 0 Å². The van der Waals surface area contributed by atoms with Crippen molar-refractivity contribution >= 4 is 22.5 Å². The zero-order chi connectivity index (χ0) is 12.3. The molecule has 94 valence electrons. The molecular formula is C13H21N3S. The molecule has 1 atom stereocenters. The Hall–Kier alpha value is -0.870. The van der Waals surface area contributed by atoms with E-state index in [4.69, 9.17) is 5.73 Å². The van der Waals surface area contributed by atoms with Crippen LogP contribution in [0.15, 0.2) is 6.08 Å². The van der Waals surface area contributed by atoms with Gasteiger partial charge in [-0.2, -0.15) is 0 Å². The Morgan fingerprint density at radius 3 is 2.71 bits per heavy atom. The van der Waals surface area contributed by atoms with Crippen molar-refractivity contribution in [2.45, 2.75) is 39.2 Å². The topological polar surface area (TPSA) is 42.2 Å². The van der Waals surface area contributed by atoms with Gasteiger partial charge in [0, 0.05) is 19.1 Å². The van der Waals surface area contributed by atoms with Crippen molar-refractivity contribution < 1.29 is 0 Å².